The zero-order chi connectivity index (χ0) is 12.9. The Morgan fingerprint density at radius 3 is 2.47 bits per heavy atom. The van der Waals surface area contributed by atoms with E-state index in [1.807, 2.05) is 23.6 Å². The third kappa shape index (κ3) is 4.88. The van der Waals surface area contributed by atoms with Crippen LogP contribution in [-0.4, -0.2) is 47.5 Å². The summed E-state index contributed by atoms with van der Waals surface area (Å²) in [6.45, 7) is 9.13. The maximum absolute atomic E-state index is 12.2. The van der Waals surface area contributed by atoms with Crippen molar-refractivity contribution in [2.24, 2.45) is 0 Å². The molecule has 0 spiro atoms. The van der Waals surface area contributed by atoms with Crippen molar-refractivity contribution < 1.29 is 4.79 Å². The third-order valence-electron chi connectivity index (χ3n) is 3.42. The van der Waals surface area contributed by atoms with E-state index in [-0.39, 0.29) is 16.7 Å². The first-order chi connectivity index (χ1) is 7.96. The molecule has 1 atom stereocenters. The first-order valence-electron chi connectivity index (χ1n) is 6.53. The van der Waals surface area contributed by atoms with E-state index in [2.05, 4.69) is 25.4 Å². The molecule has 1 aliphatic rings. The van der Waals surface area contributed by atoms with Crippen LogP contribution in [0.1, 0.15) is 40.0 Å². The Kier molecular flexibility index (Phi) is 5.80. The lowest BCUT2D eigenvalue weighted by Crippen LogP contribution is -2.49. The van der Waals surface area contributed by atoms with Crippen LogP contribution in [0.3, 0.4) is 0 Å². The number of carbonyl (C=O) groups excluding carboxylic acids is 1. The molecule has 1 amide bonds. The summed E-state index contributed by atoms with van der Waals surface area (Å²) >= 11 is 1.83. The molecule has 1 saturated heterocycles. The van der Waals surface area contributed by atoms with E-state index in [1.165, 1.54) is 6.42 Å². The van der Waals surface area contributed by atoms with Crippen molar-refractivity contribution in [1.82, 2.24) is 10.2 Å². The van der Waals surface area contributed by atoms with E-state index in [4.69, 9.17) is 0 Å². The first kappa shape index (κ1) is 14.8. The Labute approximate surface area is 110 Å². The average Bonchev–Trinajstić information content (AvgIpc) is 2.36. The molecule has 1 fully saturated rings. The Morgan fingerprint density at radius 2 is 1.94 bits per heavy atom. The summed E-state index contributed by atoms with van der Waals surface area (Å²) in [5, 5.41) is 3.36. The van der Waals surface area contributed by atoms with Crippen LogP contribution < -0.4 is 5.32 Å². The van der Waals surface area contributed by atoms with Gasteiger partial charge in [0.2, 0.25) is 5.91 Å². The lowest BCUT2D eigenvalue weighted by Gasteiger charge is -2.31. The lowest BCUT2D eigenvalue weighted by molar-refractivity contribution is -0.133. The quantitative estimate of drug-likeness (QED) is 0.820. The van der Waals surface area contributed by atoms with Gasteiger partial charge in [-0.1, -0.05) is 0 Å². The molecule has 1 aliphatic heterocycles. The van der Waals surface area contributed by atoms with Crippen LogP contribution in [0, 0.1) is 0 Å². The van der Waals surface area contributed by atoms with Crippen molar-refractivity contribution in [1.29, 1.82) is 0 Å². The van der Waals surface area contributed by atoms with Crippen LogP contribution in [0.5, 0.6) is 0 Å². The van der Waals surface area contributed by atoms with Crippen molar-refractivity contribution >= 4 is 17.7 Å². The predicted octanol–water partition coefficient (Wildman–Crippen LogP) is 2.12. The maximum Gasteiger partial charge on any atom is 0.239 e. The Balaban J connectivity index is 2.36. The second-order valence-electron chi connectivity index (χ2n) is 5.45. The smallest absolute Gasteiger partial charge is 0.239 e. The Hall–Kier alpha value is -0.220. The molecule has 1 heterocycles. The fourth-order valence-electron chi connectivity index (χ4n) is 1.95. The molecule has 17 heavy (non-hydrogen) atoms. The fourth-order valence-corrected chi connectivity index (χ4v) is 2.17. The van der Waals surface area contributed by atoms with Gasteiger partial charge >= 0.3 is 0 Å². The van der Waals surface area contributed by atoms with E-state index in [1.54, 1.807) is 0 Å². The van der Waals surface area contributed by atoms with Crippen molar-refractivity contribution in [3.63, 3.8) is 0 Å². The number of carbonyl (C=O) groups is 1. The largest absolute Gasteiger partial charge is 0.341 e. The number of hydrogen-bond donors (Lipinski definition) is 1. The van der Waals surface area contributed by atoms with E-state index >= 15 is 0 Å². The highest BCUT2D eigenvalue weighted by molar-refractivity contribution is 7.99. The number of likely N-dealkylation sites (tertiary alicyclic amines) is 1. The zero-order valence-corrected chi connectivity index (χ0v) is 12.4. The van der Waals surface area contributed by atoms with Gasteiger partial charge in [0.15, 0.2) is 0 Å². The molecule has 0 aromatic rings. The molecular formula is C13H26N2OS. The van der Waals surface area contributed by atoms with Crippen molar-refractivity contribution in [3.05, 3.63) is 0 Å². The average molecular weight is 258 g/mol. The maximum atomic E-state index is 12.2. The molecule has 0 aliphatic carbocycles. The summed E-state index contributed by atoms with van der Waals surface area (Å²) in [5.74, 6) is 0.265. The minimum absolute atomic E-state index is 0.0560. The van der Waals surface area contributed by atoms with Gasteiger partial charge in [-0.25, -0.2) is 0 Å². The lowest BCUT2D eigenvalue weighted by atomic mass is 10.1. The summed E-state index contributed by atoms with van der Waals surface area (Å²) in [5.41, 5.74) is 0. The number of hydrogen-bond acceptors (Lipinski definition) is 3. The summed E-state index contributed by atoms with van der Waals surface area (Å²) in [6.07, 6.45) is 5.70. The van der Waals surface area contributed by atoms with Crippen molar-refractivity contribution in [2.75, 3.05) is 25.9 Å². The van der Waals surface area contributed by atoms with Gasteiger partial charge in [0.25, 0.3) is 0 Å². The fraction of sp³-hybridized carbons (Fsp3) is 0.923. The second-order valence-corrected chi connectivity index (χ2v) is 6.97. The summed E-state index contributed by atoms with van der Waals surface area (Å²) < 4.78 is 0.191. The second kappa shape index (κ2) is 6.64. The highest BCUT2D eigenvalue weighted by atomic mass is 32.2. The van der Waals surface area contributed by atoms with Gasteiger partial charge in [-0.05, 0) is 46.3 Å². The zero-order valence-electron chi connectivity index (χ0n) is 11.6. The highest BCUT2D eigenvalue weighted by Crippen LogP contribution is 2.20. The number of thioether (sulfide) groups is 1. The van der Waals surface area contributed by atoms with Crippen molar-refractivity contribution in [2.45, 2.75) is 50.8 Å². The van der Waals surface area contributed by atoms with E-state index in [0.717, 1.165) is 32.5 Å². The number of rotatable bonds is 5. The number of piperidine rings is 1. The van der Waals surface area contributed by atoms with Crippen LogP contribution in [-0.2, 0) is 4.79 Å². The third-order valence-corrected chi connectivity index (χ3v) is 4.67. The van der Waals surface area contributed by atoms with Gasteiger partial charge in [0.05, 0.1) is 6.04 Å². The molecule has 0 bridgehead atoms. The predicted molar refractivity (Wildman–Crippen MR) is 75.5 cm³/mol. The normalized spacial score (nSPS) is 19.2. The van der Waals surface area contributed by atoms with Crippen LogP contribution in [0.2, 0.25) is 0 Å². The summed E-state index contributed by atoms with van der Waals surface area (Å²) in [7, 11) is 0. The molecule has 0 aromatic heterocycles. The minimum atomic E-state index is -0.0560. The Morgan fingerprint density at radius 1 is 1.35 bits per heavy atom. The summed E-state index contributed by atoms with van der Waals surface area (Å²) in [4.78, 5) is 14.2. The Bertz CT molecular complexity index is 250. The molecule has 4 heteroatoms. The molecule has 0 aromatic carbocycles. The van der Waals surface area contributed by atoms with Gasteiger partial charge in [-0.15, -0.1) is 0 Å². The summed E-state index contributed by atoms with van der Waals surface area (Å²) in [6, 6.07) is -0.0560. The molecule has 1 rings (SSSR count). The van der Waals surface area contributed by atoms with Gasteiger partial charge in [0, 0.05) is 24.4 Å². The van der Waals surface area contributed by atoms with Gasteiger partial charge in [-0.3, -0.25) is 4.79 Å². The van der Waals surface area contributed by atoms with Crippen LogP contribution in [0.4, 0.5) is 0 Å². The van der Waals surface area contributed by atoms with E-state index in [0.29, 0.717) is 0 Å². The molecule has 3 nitrogen and oxygen atoms in total. The van der Waals surface area contributed by atoms with Gasteiger partial charge in [0.1, 0.15) is 0 Å². The SMILES string of the molecule is CSC(C)(C)CNC(C)C(=O)N1CCCCC1. The molecular weight excluding hydrogens is 232 g/mol. The minimum Gasteiger partial charge on any atom is -0.341 e. The highest BCUT2D eigenvalue weighted by Gasteiger charge is 2.24. The molecule has 1 unspecified atom stereocenters. The molecule has 1 N–H and O–H groups in total. The molecule has 0 saturated carbocycles. The van der Waals surface area contributed by atoms with E-state index in [9.17, 15) is 4.79 Å². The van der Waals surface area contributed by atoms with Gasteiger partial charge in [-0.2, -0.15) is 11.8 Å². The standard InChI is InChI=1S/C13H26N2OS/c1-11(14-10-13(2,3)17-4)12(16)15-8-6-5-7-9-15/h11,14H,5-10H2,1-4H3. The van der Waals surface area contributed by atoms with E-state index < -0.39 is 0 Å². The van der Waals surface area contributed by atoms with Crippen LogP contribution in [0.15, 0.2) is 0 Å². The topological polar surface area (TPSA) is 32.3 Å². The monoisotopic (exact) mass is 258 g/mol. The molecule has 0 radical (unpaired) electrons. The first-order valence-corrected chi connectivity index (χ1v) is 7.76. The van der Waals surface area contributed by atoms with Crippen LogP contribution in [0.25, 0.3) is 0 Å². The number of amides is 1. The molecule has 100 valence electrons. The number of nitrogens with zero attached hydrogens (tertiary/aromatic N) is 1. The number of nitrogens with one attached hydrogen (secondary N) is 1. The van der Waals surface area contributed by atoms with Crippen molar-refractivity contribution in [3.8, 4) is 0 Å². The van der Waals surface area contributed by atoms with Crippen LogP contribution >= 0.6 is 11.8 Å². The van der Waals surface area contributed by atoms with Gasteiger partial charge < -0.3 is 10.2 Å².